The van der Waals surface area contributed by atoms with Crippen LogP contribution in [0.4, 0.5) is 0 Å². The number of halogens is 7. The van der Waals surface area contributed by atoms with E-state index in [0.29, 0.717) is 6.42 Å². The minimum Gasteiger partial charge on any atom is -0.123 e. The van der Waals surface area contributed by atoms with Crippen LogP contribution >= 0.6 is 81.2 Å². The summed E-state index contributed by atoms with van der Waals surface area (Å²) < 4.78 is 0. The third-order valence-corrected chi connectivity index (χ3v) is 7.12. The van der Waals surface area contributed by atoms with E-state index in [9.17, 15) is 0 Å². The van der Waals surface area contributed by atoms with Crippen LogP contribution in [0.15, 0.2) is 0 Å². The molecule has 0 aliphatic rings. The molecule has 0 nitrogen and oxygen atoms in total. The highest BCUT2D eigenvalue weighted by Gasteiger charge is 2.30. The van der Waals surface area contributed by atoms with Gasteiger partial charge in [-0.25, -0.2) is 0 Å². The van der Waals surface area contributed by atoms with Crippen molar-refractivity contribution in [3.8, 4) is 0 Å². The molecular formula is C13H21Cl7. The molecule has 7 heteroatoms. The molecule has 0 amide bonds. The molecule has 122 valence electrons. The van der Waals surface area contributed by atoms with Crippen LogP contribution in [0.1, 0.15) is 39.5 Å². The van der Waals surface area contributed by atoms with Gasteiger partial charge in [0.05, 0.1) is 26.9 Å². The maximum absolute atomic E-state index is 6.30. The predicted molar refractivity (Wildman–Crippen MR) is 97.3 cm³/mol. The summed E-state index contributed by atoms with van der Waals surface area (Å²) in [5.74, 6) is 0. The first kappa shape index (κ1) is 22.0. The summed E-state index contributed by atoms with van der Waals surface area (Å²) in [7, 11) is 0. The molecule has 0 fully saturated rings. The Bertz CT molecular complexity index is 249. The molecule has 0 aliphatic carbocycles. The van der Waals surface area contributed by atoms with Gasteiger partial charge in [-0.05, 0) is 32.6 Å². The molecule has 0 aromatic carbocycles. The molecule has 0 aromatic heterocycles. The number of alkyl halides is 7. The average Bonchev–Trinajstić information content (AvgIpc) is 2.41. The van der Waals surface area contributed by atoms with Crippen molar-refractivity contribution >= 4 is 81.2 Å². The highest BCUT2D eigenvalue weighted by Crippen LogP contribution is 2.30. The second-order valence-corrected chi connectivity index (χ2v) is 8.93. The van der Waals surface area contributed by atoms with Gasteiger partial charge in [0.15, 0.2) is 0 Å². The van der Waals surface area contributed by atoms with Gasteiger partial charge in [0, 0.05) is 10.8 Å². The van der Waals surface area contributed by atoms with Crippen LogP contribution < -0.4 is 0 Å². The lowest BCUT2D eigenvalue weighted by atomic mass is 10.0. The van der Waals surface area contributed by atoms with Crippen LogP contribution in [0.25, 0.3) is 0 Å². The summed E-state index contributed by atoms with van der Waals surface area (Å²) >= 11 is 43.1. The summed E-state index contributed by atoms with van der Waals surface area (Å²) in [6, 6.07) is 0. The van der Waals surface area contributed by atoms with Crippen molar-refractivity contribution in [3.05, 3.63) is 0 Å². The van der Waals surface area contributed by atoms with Gasteiger partial charge < -0.3 is 0 Å². The standard InChI is InChI=1S/C13H21Cl7/c1-3-8(15)4-5-9(16)13(20)11(18)6-10(17)12(19)7(2)14/h7-13H,3-6H2,1-2H3. The molecule has 0 N–H and O–H groups in total. The van der Waals surface area contributed by atoms with Crippen LogP contribution in [0.3, 0.4) is 0 Å². The van der Waals surface area contributed by atoms with E-state index in [1.807, 2.05) is 6.92 Å². The van der Waals surface area contributed by atoms with Gasteiger partial charge in [0.2, 0.25) is 0 Å². The molecule has 0 spiro atoms. The zero-order valence-electron chi connectivity index (χ0n) is 11.5. The van der Waals surface area contributed by atoms with Crippen LogP contribution in [-0.4, -0.2) is 37.6 Å². The van der Waals surface area contributed by atoms with Crippen LogP contribution in [-0.2, 0) is 0 Å². The predicted octanol–water partition coefficient (Wildman–Crippen LogP) is 6.84. The van der Waals surface area contributed by atoms with Crippen molar-refractivity contribution in [2.24, 2.45) is 0 Å². The van der Waals surface area contributed by atoms with Gasteiger partial charge in [-0.1, -0.05) is 6.92 Å². The summed E-state index contributed by atoms with van der Waals surface area (Å²) in [5, 5.41) is -1.77. The minimum atomic E-state index is -0.380. The Morgan fingerprint density at radius 2 is 1.20 bits per heavy atom. The lowest BCUT2D eigenvalue weighted by Crippen LogP contribution is -2.32. The Morgan fingerprint density at radius 1 is 0.700 bits per heavy atom. The van der Waals surface area contributed by atoms with Crippen molar-refractivity contribution in [2.75, 3.05) is 0 Å². The monoisotopic (exact) mass is 422 g/mol. The van der Waals surface area contributed by atoms with Gasteiger partial charge in [-0.2, -0.15) is 0 Å². The largest absolute Gasteiger partial charge is 0.123 e. The van der Waals surface area contributed by atoms with E-state index < -0.39 is 0 Å². The fraction of sp³-hybridized carbons (Fsp3) is 1.00. The zero-order chi connectivity index (χ0) is 15.9. The molecule has 0 radical (unpaired) electrons. The quantitative estimate of drug-likeness (QED) is 0.336. The molecule has 0 aliphatic heterocycles. The smallest absolute Gasteiger partial charge is 0.0663 e. The molecule has 0 saturated heterocycles. The first-order valence-electron chi connectivity index (χ1n) is 6.69. The first-order valence-corrected chi connectivity index (χ1v) is 9.74. The molecule has 0 heterocycles. The second-order valence-electron chi connectivity index (χ2n) is 4.93. The zero-order valence-corrected chi connectivity index (χ0v) is 16.8. The molecule has 7 unspecified atom stereocenters. The molecule has 20 heavy (non-hydrogen) atoms. The topological polar surface area (TPSA) is 0 Å². The summed E-state index contributed by atoms with van der Waals surface area (Å²) in [5.41, 5.74) is 0. The van der Waals surface area contributed by atoms with E-state index in [1.54, 1.807) is 6.92 Å². The first-order chi connectivity index (χ1) is 9.20. The lowest BCUT2D eigenvalue weighted by Gasteiger charge is -2.25. The summed E-state index contributed by atoms with van der Waals surface area (Å²) in [4.78, 5) is 0. The fourth-order valence-corrected chi connectivity index (χ4v) is 3.65. The Hall–Kier alpha value is 2.03. The minimum absolute atomic E-state index is 0.124. The van der Waals surface area contributed by atoms with Crippen molar-refractivity contribution in [1.29, 1.82) is 0 Å². The number of rotatable bonds is 10. The highest BCUT2D eigenvalue weighted by molar-refractivity contribution is 6.37. The van der Waals surface area contributed by atoms with E-state index >= 15 is 0 Å². The maximum Gasteiger partial charge on any atom is 0.0663 e. The summed E-state index contributed by atoms with van der Waals surface area (Å²) in [6.07, 6.45) is 2.92. The van der Waals surface area contributed by atoms with E-state index in [0.717, 1.165) is 19.3 Å². The van der Waals surface area contributed by atoms with Crippen LogP contribution in [0.2, 0.25) is 0 Å². The van der Waals surface area contributed by atoms with Gasteiger partial charge in [-0.15, -0.1) is 81.2 Å². The van der Waals surface area contributed by atoms with E-state index in [1.165, 1.54) is 0 Å². The lowest BCUT2D eigenvalue weighted by molar-refractivity contribution is 0.578. The Morgan fingerprint density at radius 3 is 1.65 bits per heavy atom. The molecule has 0 saturated carbocycles. The van der Waals surface area contributed by atoms with Gasteiger partial charge in [-0.3, -0.25) is 0 Å². The normalized spacial score (nSPS) is 22.6. The summed E-state index contributed by atoms with van der Waals surface area (Å²) in [6.45, 7) is 3.83. The SMILES string of the molecule is CCC(Cl)CCC(Cl)C(Cl)C(Cl)CC(Cl)C(Cl)C(C)Cl. The average molecular weight is 425 g/mol. The van der Waals surface area contributed by atoms with Crippen molar-refractivity contribution in [2.45, 2.75) is 77.2 Å². The van der Waals surface area contributed by atoms with Gasteiger partial charge >= 0.3 is 0 Å². The molecule has 0 rings (SSSR count). The Balaban J connectivity index is 4.22. The number of hydrogen-bond acceptors (Lipinski definition) is 0. The van der Waals surface area contributed by atoms with Crippen LogP contribution in [0, 0.1) is 0 Å². The van der Waals surface area contributed by atoms with E-state index in [4.69, 9.17) is 81.2 Å². The Kier molecular flexibility index (Phi) is 12.7. The highest BCUT2D eigenvalue weighted by atomic mass is 35.5. The molecule has 0 bridgehead atoms. The fourth-order valence-electron chi connectivity index (χ4n) is 1.69. The van der Waals surface area contributed by atoms with Crippen molar-refractivity contribution < 1.29 is 0 Å². The number of hydrogen-bond donors (Lipinski definition) is 0. The van der Waals surface area contributed by atoms with E-state index in [2.05, 4.69) is 0 Å². The Labute approximate surface area is 157 Å². The van der Waals surface area contributed by atoms with Gasteiger partial charge in [0.25, 0.3) is 0 Å². The molecular weight excluding hydrogens is 404 g/mol. The molecule has 7 atom stereocenters. The van der Waals surface area contributed by atoms with Crippen molar-refractivity contribution in [1.82, 2.24) is 0 Å². The second kappa shape index (κ2) is 11.5. The van der Waals surface area contributed by atoms with Gasteiger partial charge in [0.1, 0.15) is 0 Å². The van der Waals surface area contributed by atoms with E-state index in [-0.39, 0.29) is 37.6 Å². The van der Waals surface area contributed by atoms with Crippen molar-refractivity contribution in [3.63, 3.8) is 0 Å². The molecule has 0 aromatic rings. The van der Waals surface area contributed by atoms with Crippen LogP contribution in [0.5, 0.6) is 0 Å². The maximum atomic E-state index is 6.30. The third-order valence-electron chi connectivity index (χ3n) is 3.12. The third kappa shape index (κ3) is 8.61.